The van der Waals surface area contributed by atoms with E-state index in [4.69, 9.17) is 0 Å². The fraction of sp³-hybridized carbons (Fsp3) is 0.429. The minimum Gasteiger partial charge on any atom is -0.508 e. The van der Waals surface area contributed by atoms with Crippen LogP contribution in [0.5, 0.6) is 5.75 Å². The minimum atomic E-state index is -0.171. The molecule has 1 aliphatic heterocycles. The number of aromatic hydroxyl groups is 1. The van der Waals surface area contributed by atoms with Gasteiger partial charge in [-0.15, -0.1) is 11.3 Å². The second-order valence-corrected chi connectivity index (χ2v) is 8.14. The maximum Gasteiger partial charge on any atom is 0.261 e. The Kier molecular flexibility index (Phi) is 6.16. The van der Waals surface area contributed by atoms with Crippen LogP contribution < -0.4 is 5.32 Å². The number of benzene rings is 1. The highest BCUT2D eigenvalue weighted by Gasteiger charge is 2.24. The molecular formula is C21H26N2O3S. The predicted octanol–water partition coefficient (Wildman–Crippen LogP) is 3.46. The lowest BCUT2D eigenvalue weighted by Gasteiger charge is -2.32. The maximum absolute atomic E-state index is 12.4. The molecule has 0 bridgehead atoms. The molecule has 1 aromatic carbocycles. The topological polar surface area (TPSA) is 69.6 Å². The third-order valence-electron chi connectivity index (χ3n) is 5.18. The normalized spacial score (nSPS) is 15.0. The molecule has 0 unspecified atom stereocenters. The van der Waals surface area contributed by atoms with Gasteiger partial charge in [0, 0.05) is 18.0 Å². The number of hydrogen-bond donors (Lipinski definition) is 2. The molecule has 3 rings (SSSR count). The number of nitrogens with one attached hydrogen (secondary N) is 1. The van der Waals surface area contributed by atoms with E-state index < -0.39 is 0 Å². The van der Waals surface area contributed by atoms with E-state index in [-0.39, 0.29) is 24.1 Å². The number of rotatable bonds is 5. The number of hydrogen-bond acceptors (Lipinski definition) is 4. The summed E-state index contributed by atoms with van der Waals surface area (Å²) in [6.45, 7) is 5.51. The molecule has 2 heterocycles. The average Bonchev–Trinajstić information content (AvgIpc) is 3.07. The van der Waals surface area contributed by atoms with Gasteiger partial charge in [0.1, 0.15) is 5.75 Å². The zero-order valence-corrected chi connectivity index (χ0v) is 16.6. The first-order chi connectivity index (χ1) is 13.0. The van der Waals surface area contributed by atoms with E-state index in [1.807, 2.05) is 30.0 Å². The molecule has 0 atom stereocenters. The largest absolute Gasteiger partial charge is 0.508 e. The van der Waals surface area contributed by atoms with Crippen LogP contribution in [0.4, 0.5) is 0 Å². The molecule has 0 radical (unpaired) electrons. The third kappa shape index (κ3) is 4.69. The molecule has 2 amide bonds. The van der Waals surface area contributed by atoms with Crippen LogP contribution in [-0.2, 0) is 11.2 Å². The Morgan fingerprint density at radius 1 is 1.22 bits per heavy atom. The first-order valence-corrected chi connectivity index (χ1v) is 10.2. The Morgan fingerprint density at radius 2 is 1.89 bits per heavy atom. The lowest BCUT2D eigenvalue weighted by Crippen LogP contribution is -2.43. The van der Waals surface area contributed by atoms with Crippen molar-refractivity contribution in [3.63, 3.8) is 0 Å². The zero-order chi connectivity index (χ0) is 19.4. The molecule has 27 heavy (non-hydrogen) atoms. The summed E-state index contributed by atoms with van der Waals surface area (Å²) in [6.07, 6.45) is 2.71. The van der Waals surface area contributed by atoms with E-state index >= 15 is 0 Å². The smallest absolute Gasteiger partial charge is 0.261 e. The summed E-state index contributed by atoms with van der Waals surface area (Å²) in [5.41, 5.74) is 2.34. The molecule has 0 saturated carbocycles. The van der Waals surface area contributed by atoms with Crippen LogP contribution in [0.2, 0.25) is 0 Å². The van der Waals surface area contributed by atoms with Gasteiger partial charge in [-0.1, -0.05) is 19.1 Å². The summed E-state index contributed by atoms with van der Waals surface area (Å²) in [6, 6.07) is 9.21. The molecule has 1 aliphatic rings. The molecule has 2 N–H and O–H groups in total. The molecular weight excluding hydrogens is 360 g/mol. The number of piperidine rings is 1. The van der Waals surface area contributed by atoms with E-state index in [2.05, 4.69) is 12.2 Å². The molecule has 1 aromatic heterocycles. The lowest BCUT2D eigenvalue weighted by molar-refractivity contribution is -0.131. The number of nitrogens with zero attached hydrogens (tertiary/aromatic N) is 1. The molecule has 6 heteroatoms. The van der Waals surface area contributed by atoms with Gasteiger partial charge in [-0.2, -0.15) is 0 Å². The predicted molar refractivity (Wildman–Crippen MR) is 107 cm³/mol. The fourth-order valence-corrected chi connectivity index (χ4v) is 4.58. The van der Waals surface area contributed by atoms with Crippen LogP contribution in [-0.4, -0.2) is 41.5 Å². The maximum atomic E-state index is 12.4. The molecule has 5 nitrogen and oxygen atoms in total. The van der Waals surface area contributed by atoms with Gasteiger partial charge in [0.05, 0.1) is 11.4 Å². The third-order valence-corrected chi connectivity index (χ3v) is 6.56. The van der Waals surface area contributed by atoms with Gasteiger partial charge < -0.3 is 15.3 Å². The van der Waals surface area contributed by atoms with Gasteiger partial charge in [-0.05, 0) is 61.4 Å². The number of phenolic OH excluding ortho intramolecular Hbond substituents is 1. The van der Waals surface area contributed by atoms with Crippen LogP contribution >= 0.6 is 11.3 Å². The van der Waals surface area contributed by atoms with Crippen LogP contribution in [0.1, 0.15) is 51.4 Å². The number of likely N-dealkylation sites (tertiary alicyclic amines) is 1. The van der Waals surface area contributed by atoms with Crippen molar-refractivity contribution in [2.75, 3.05) is 19.6 Å². The highest BCUT2D eigenvalue weighted by atomic mass is 32.1. The Balaban J connectivity index is 1.47. The second kappa shape index (κ2) is 8.57. The van der Waals surface area contributed by atoms with Crippen molar-refractivity contribution in [3.05, 3.63) is 51.2 Å². The molecule has 0 aliphatic carbocycles. The van der Waals surface area contributed by atoms with Gasteiger partial charge >= 0.3 is 0 Å². The number of amides is 2. The molecule has 0 spiro atoms. The zero-order valence-electron chi connectivity index (χ0n) is 15.8. The highest BCUT2D eigenvalue weighted by molar-refractivity contribution is 7.14. The van der Waals surface area contributed by atoms with Crippen LogP contribution in [0.25, 0.3) is 0 Å². The summed E-state index contributed by atoms with van der Waals surface area (Å²) >= 11 is 1.50. The number of carbonyl (C=O) groups is 2. The van der Waals surface area contributed by atoms with Crippen molar-refractivity contribution in [2.45, 2.75) is 39.0 Å². The quantitative estimate of drug-likeness (QED) is 0.827. The first kappa shape index (κ1) is 19.4. The van der Waals surface area contributed by atoms with E-state index in [0.717, 1.165) is 24.8 Å². The summed E-state index contributed by atoms with van der Waals surface area (Å²) in [7, 11) is 0. The van der Waals surface area contributed by atoms with Crippen LogP contribution in [0.15, 0.2) is 30.3 Å². The van der Waals surface area contributed by atoms with Gasteiger partial charge in [0.2, 0.25) is 5.91 Å². The number of carbonyl (C=O) groups excluding carboxylic acids is 2. The van der Waals surface area contributed by atoms with Gasteiger partial charge in [-0.25, -0.2) is 0 Å². The van der Waals surface area contributed by atoms with Crippen LogP contribution in [0, 0.1) is 6.92 Å². The minimum absolute atomic E-state index is 0.0310. The molecule has 1 saturated heterocycles. The first-order valence-electron chi connectivity index (χ1n) is 9.42. The Labute approximate surface area is 164 Å². The van der Waals surface area contributed by atoms with E-state index in [0.29, 0.717) is 23.9 Å². The Morgan fingerprint density at radius 3 is 2.48 bits per heavy atom. The van der Waals surface area contributed by atoms with E-state index in [1.165, 1.54) is 21.8 Å². The SMILES string of the molecule is CCc1sc(C(=O)NCC(=O)N2CCC(c3ccc(O)cc3)CC2)cc1C. The molecule has 2 aromatic rings. The number of aryl methyl sites for hydroxylation is 2. The van der Waals surface area contributed by atoms with Gasteiger partial charge in [0.25, 0.3) is 5.91 Å². The van der Waals surface area contributed by atoms with E-state index in [1.54, 1.807) is 12.1 Å². The van der Waals surface area contributed by atoms with Crippen molar-refractivity contribution >= 4 is 23.2 Å². The van der Waals surface area contributed by atoms with Crippen molar-refractivity contribution in [1.82, 2.24) is 10.2 Å². The van der Waals surface area contributed by atoms with Gasteiger partial charge in [0.15, 0.2) is 0 Å². The fourth-order valence-electron chi connectivity index (χ4n) is 3.55. The molecule has 1 fully saturated rings. The number of thiophene rings is 1. The van der Waals surface area contributed by atoms with Gasteiger partial charge in [-0.3, -0.25) is 9.59 Å². The highest BCUT2D eigenvalue weighted by Crippen LogP contribution is 2.29. The number of phenols is 1. The van der Waals surface area contributed by atoms with E-state index in [9.17, 15) is 14.7 Å². The summed E-state index contributed by atoms with van der Waals surface area (Å²) in [5, 5.41) is 12.2. The lowest BCUT2D eigenvalue weighted by atomic mass is 9.89. The van der Waals surface area contributed by atoms with Crippen LogP contribution in [0.3, 0.4) is 0 Å². The standard InChI is InChI=1S/C21H26N2O3S/c1-3-18-14(2)12-19(27-18)21(26)22-13-20(25)23-10-8-16(9-11-23)15-4-6-17(24)7-5-15/h4-7,12,16,24H,3,8-11,13H2,1-2H3,(H,22,26). The Hall–Kier alpha value is -2.34. The van der Waals surface area contributed by atoms with Crippen molar-refractivity contribution in [3.8, 4) is 5.75 Å². The molecule has 144 valence electrons. The van der Waals surface area contributed by atoms with Crippen molar-refractivity contribution in [1.29, 1.82) is 0 Å². The monoisotopic (exact) mass is 386 g/mol. The summed E-state index contributed by atoms with van der Waals surface area (Å²) < 4.78 is 0. The summed E-state index contributed by atoms with van der Waals surface area (Å²) in [5.74, 6) is 0.478. The Bertz CT molecular complexity index is 805. The van der Waals surface area contributed by atoms with Crippen molar-refractivity contribution < 1.29 is 14.7 Å². The van der Waals surface area contributed by atoms with Crippen molar-refractivity contribution in [2.24, 2.45) is 0 Å². The average molecular weight is 387 g/mol. The second-order valence-electron chi connectivity index (χ2n) is 7.00. The summed E-state index contributed by atoms with van der Waals surface area (Å²) in [4.78, 5) is 28.4.